The van der Waals surface area contributed by atoms with Crippen LogP contribution in [0.5, 0.6) is 0 Å². The van der Waals surface area contributed by atoms with Gasteiger partial charge in [0.25, 0.3) is 29.5 Å². The van der Waals surface area contributed by atoms with Gasteiger partial charge in [-0.15, -0.1) is 0 Å². The molecule has 0 unspecified atom stereocenters. The van der Waals surface area contributed by atoms with Gasteiger partial charge in [-0.3, -0.25) is 38.9 Å². The average molecular weight is 1370 g/mol. The van der Waals surface area contributed by atoms with Crippen LogP contribution in [0.3, 0.4) is 0 Å². The summed E-state index contributed by atoms with van der Waals surface area (Å²) < 4.78 is 0. The van der Waals surface area contributed by atoms with Gasteiger partial charge in [0.15, 0.2) is 0 Å². The Kier molecular flexibility index (Phi) is 24.4. The van der Waals surface area contributed by atoms with Gasteiger partial charge in [0, 0.05) is 118 Å². The Hall–Kier alpha value is -10.7. The highest BCUT2D eigenvalue weighted by Crippen LogP contribution is 2.30. The summed E-state index contributed by atoms with van der Waals surface area (Å²) in [5, 5.41) is 8.60. The molecule has 0 aliphatic carbocycles. The molecular weight excluding hydrogens is 1260 g/mol. The summed E-state index contributed by atoms with van der Waals surface area (Å²) in [6, 6.07) is 51.9. The first-order valence-electron chi connectivity index (χ1n) is 35.0. The third-order valence-corrected chi connectivity index (χ3v) is 19.0. The van der Waals surface area contributed by atoms with Crippen molar-refractivity contribution in [2.24, 2.45) is 0 Å². The predicted octanol–water partition coefficient (Wildman–Crippen LogP) is 14.5. The number of carbonyl (C=O) groups is 5. The molecule has 6 aromatic carbocycles. The monoisotopic (exact) mass is 1370 g/mol. The number of aromatic nitrogens is 6. The minimum Gasteiger partial charge on any atom is -0.371 e. The largest absolute Gasteiger partial charge is 0.371 e. The van der Waals surface area contributed by atoms with E-state index in [9.17, 15) is 24.0 Å². The summed E-state index contributed by atoms with van der Waals surface area (Å²) in [6.07, 6.45) is 14.8. The lowest BCUT2D eigenvalue weighted by Gasteiger charge is -2.38. The van der Waals surface area contributed by atoms with Crippen molar-refractivity contribution in [3.63, 3.8) is 0 Å². The summed E-state index contributed by atoms with van der Waals surface area (Å²) in [5.74, 6) is -0.812. The van der Waals surface area contributed by atoms with E-state index in [1.165, 1.54) is 51.6 Å². The Balaban J connectivity index is 0.000000281. The topological polar surface area (TPSA) is 218 Å². The maximum absolute atomic E-state index is 13.3. The van der Waals surface area contributed by atoms with Crippen molar-refractivity contribution in [1.29, 1.82) is 0 Å². The molecule has 7 heterocycles. The van der Waals surface area contributed by atoms with Crippen molar-refractivity contribution in [3.05, 3.63) is 240 Å². The number of hydrogen-bond donors (Lipinski definition) is 3. The van der Waals surface area contributed by atoms with Crippen LogP contribution in [-0.4, -0.2) is 188 Å². The molecule has 3 N–H and O–H groups in total. The molecule has 4 saturated heterocycles. The molecule has 3 aromatic heterocycles. The van der Waals surface area contributed by atoms with Crippen LogP contribution in [0.2, 0.25) is 0 Å². The number of aryl methyl sites for hydroxylation is 3. The van der Waals surface area contributed by atoms with E-state index < -0.39 is 0 Å². The first kappa shape index (κ1) is 71.6. The fraction of sp³-hybridized carbons (Fsp3) is 0.321. The lowest BCUT2D eigenvalue weighted by Crippen LogP contribution is -2.42. The number of benzene rings is 6. The van der Waals surface area contributed by atoms with E-state index in [0.717, 1.165) is 98.3 Å². The molecule has 4 aliphatic rings. The molecule has 4 aliphatic heterocycles. The van der Waals surface area contributed by atoms with Gasteiger partial charge < -0.3 is 45.3 Å². The highest BCUT2D eigenvalue weighted by atomic mass is 16.2. The highest BCUT2D eigenvalue weighted by Gasteiger charge is 2.32. The number of likely N-dealkylation sites (N-methyl/N-ethyl adjacent to an activating group) is 2. The predicted molar refractivity (Wildman–Crippen MR) is 412 cm³/mol. The van der Waals surface area contributed by atoms with Crippen LogP contribution in [0.1, 0.15) is 135 Å². The Labute approximate surface area is 601 Å². The number of amides is 5. The fourth-order valence-corrected chi connectivity index (χ4v) is 13.1. The summed E-state index contributed by atoms with van der Waals surface area (Å²) >= 11 is 0. The van der Waals surface area contributed by atoms with Crippen LogP contribution < -0.4 is 16.0 Å². The first-order valence-corrected chi connectivity index (χ1v) is 35.0. The molecule has 1 atom stereocenters. The van der Waals surface area contributed by atoms with Gasteiger partial charge in [-0.25, -0.2) is 15.0 Å². The van der Waals surface area contributed by atoms with Crippen molar-refractivity contribution in [3.8, 4) is 33.8 Å². The second-order valence-corrected chi connectivity index (χ2v) is 26.5. The molecule has 0 bridgehead atoms. The molecular formula is C81H103N15O5. The van der Waals surface area contributed by atoms with E-state index in [2.05, 4.69) is 79.3 Å². The van der Waals surface area contributed by atoms with Crippen LogP contribution in [0.4, 0.5) is 17.1 Å². The smallest absolute Gasteiger partial charge is 0.276 e. The SMILES string of the molecule is C=C(c1ccc(-c2cnc(C)c(C(=O)Nc3ccccc3)n2)cc1)N1CCC(N2CCCC2)CC1.Cc1ncc(-c2ccc(C(=O)N(C)CCN(C)C)cc2)nc1C(=O)Nc1ccccc1.Cc1ncc(-c2ccc(C(=O)N3CCC[C@@H]3CN3CCCC3)cc2)nc1C(=O)Nc1ccccc1.[HH].[HH].[HH].[HH].[HH].[HH]. The molecule has 0 spiro atoms. The number of anilines is 3. The zero-order valence-electron chi connectivity index (χ0n) is 58.8. The van der Waals surface area contributed by atoms with E-state index in [1.807, 2.05) is 163 Å². The lowest BCUT2D eigenvalue weighted by atomic mass is 10.0. The second-order valence-electron chi connectivity index (χ2n) is 26.5. The second kappa shape index (κ2) is 34.4. The van der Waals surface area contributed by atoms with E-state index in [4.69, 9.17) is 0 Å². The Morgan fingerprint density at radius 1 is 0.465 bits per heavy atom. The molecule has 20 heteroatoms. The van der Waals surface area contributed by atoms with Crippen molar-refractivity contribution in [2.45, 2.75) is 84.2 Å². The van der Waals surface area contributed by atoms with E-state index in [1.54, 1.807) is 63.4 Å². The van der Waals surface area contributed by atoms with Gasteiger partial charge in [-0.05, 0) is 179 Å². The van der Waals surface area contributed by atoms with E-state index in [-0.39, 0.29) is 49.5 Å². The Bertz CT molecular complexity index is 4330. The summed E-state index contributed by atoms with van der Waals surface area (Å²) in [4.78, 5) is 104. The standard InChI is InChI=1S/C29H33N5O.C28H31N5O2.C24H27N5O2.6H2/c1-21-28(29(35)31-25-8-4-3-5-9-25)32-27(20-30-21)24-12-10-23(11-13-24)22(2)33-18-14-26(15-19-33)34-16-6-7-17-34;1-20-26(27(34)30-23-8-3-2-4-9-23)31-25(18-29-20)21-11-13-22(14-12-21)28(35)33-17-7-10-24(33)19-32-15-5-6-16-32;1-17-22(23(30)26-20-8-6-5-7-9-20)27-21(16-25-17)18-10-12-19(13-11-18)24(31)29(4)15-14-28(2)3;;;;;;/h3-5,8-13,20,26H,2,6-7,14-19H2,1H3,(H,31,35);2-4,8-9,11-14,18,24H,5-7,10,15-17,19H2,1H3,(H,30,34);5-13,16H,14-15H2,1-4H3,(H,26,30);6*1H/t;24-;;;;;;;/m.1......./s1. The zero-order chi connectivity index (χ0) is 70.8. The molecule has 0 saturated carbocycles. The third-order valence-electron chi connectivity index (χ3n) is 19.0. The average Bonchev–Trinajstić information content (AvgIpc) is 1.64. The Morgan fingerprint density at radius 3 is 1.28 bits per heavy atom. The number of nitrogens with zero attached hydrogens (tertiary/aromatic N) is 12. The molecule has 13 rings (SSSR count). The maximum Gasteiger partial charge on any atom is 0.276 e. The molecule has 20 nitrogen and oxygen atoms in total. The van der Waals surface area contributed by atoms with Gasteiger partial charge in [0.2, 0.25) is 0 Å². The van der Waals surface area contributed by atoms with Gasteiger partial charge in [0.05, 0.1) is 52.8 Å². The van der Waals surface area contributed by atoms with Crippen LogP contribution >= 0.6 is 0 Å². The summed E-state index contributed by atoms with van der Waals surface area (Å²) in [5.41, 5.74) is 12.6. The zero-order valence-corrected chi connectivity index (χ0v) is 58.8. The van der Waals surface area contributed by atoms with Crippen molar-refractivity contribution >= 4 is 52.3 Å². The van der Waals surface area contributed by atoms with Gasteiger partial charge >= 0.3 is 0 Å². The molecule has 9 aromatic rings. The maximum atomic E-state index is 13.3. The quantitative estimate of drug-likeness (QED) is 0.0686. The number of para-hydroxylation sites is 3. The minimum absolute atomic E-state index is 0. The van der Waals surface area contributed by atoms with Crippen molar-refractivity contribution < 1.29 is 32.5 Å². The molecule has 101 heavy (non-hydrogen) atoms. The third kappa shape index (κ3) is 19.0. The number of piperidine rings is 1. The molecule has 5 amide bonds. The van der Waals surface area contributed by atoms with E-state index >= 15 is 0 Å². The number of hydrogen-bond acceptors (Lipinski definition) is 15. The van der Waals surface area contributed by atoms with Gasteiger partial charge in [-0.2, -0.15) is 0 Å². The van der Waals surface area contributed by atoms with Gasteiger partial charge in [0.1, 0.15) is 17.1 Å². The van der Waals surface area contributed by atoms with Crippen LogP contribution in [-0.2, 0) is 0 Å². The van der Waals surface area contributed by atoms with Crippen molar-refractivity contribution in [1.82, 2.24) is 59.3 Å². The summed E-state index contributed by atoms with van der Waals surface area (Å²) in [7, 11) is 5.75. The number of nitrogens with one attached hydrogen (secondary N) is 3. The Morgan fingerprint density at radius 2 is 0.861 bits per heavy atom. The van der Waals surface area contributed by atoms with Crippen LogP contribution in [0.25, 0.3) is 39.5 Å². The van der Waals surface area contributed by atoms with Crippen molar-refractivity contribution in [2.75, 3.05) is 103 Å². The van der Waals surface area contributed by atoms with Crippen LogP contribution in [0, 0.1) is 20.8 Å². The number of rotatable bonds is 19. The number of carbonyl (C=O) groups excluding carboxylic acids is 5. The summed E-state index contributed by atoms with van der Waals surface area (Å²) in [6.45, 7) is 19.9. The fourth-order valence-electron chi connectivity index (χ4n) is 13.1. The first-order chi connectivity index (χ1) is 49.0. The van der Waals surface area contributed by atoms with E-state index in [0.29, 0.717) is 74.9 Å². The minimum atomic E-state index is -0.313. The lowest BCUT2D eigenvalue weighted by molar-refractivity contribution is 0.0707. The molecule has 532 valence electrons. The van der Waals surface area contributed by atoms with Gasteiger partial charge in [-0.1, -0.05) is 110 Å². The van der Waals surface area contributed by atoms with Crippen LogP contribution in [0.15, 0.2) is 189 Å². The molecule has 4 fully saturated rings. The normalized spacial score (nSPS) is 15.4. The number of likely N-dealkylation sites (tertiary alicyclic amines) is 4. The molecule has 0 radical (unpaired) electrons. The highest BCUT2D eigenvalue weighted by molar-refractivity contribution is 6.05.